The standard InChI is InChI=1S/C16H15N3O2/c17-16(20)19-18-13-10-15(11-6-2-1-3-7-11)21-14-9-5-4-8-12(13)14/h1-9,15H,10H2,(H3,17,19,20)/b18-13-/t15-/m0/s1. The van der Waals surface area contributed by atoms with Crippen molar-refractivity contribution in [2.75, 3.05) is 0 Å². The predicted molar refractivity (Wildman–Crippen MR) is 80.1 cm³/mol. The largest absolute Gasteiger partial charge is 0.485 e. The van der Waals surface area contributed by atoms with Gasteiger partial charge in [0.05, 0.1) is 5.71 Å². The fourth-order valence-corrected chi connectivity index (χ4v) is 2.37. The first-order valence-corrected chi connectivity index (χ1v) is 6.67. The summed E-state index contributed by atoms with van der Waals surface area (Å²) in [5.41, 5.74) is 10.1. The van der Waals surface area contributed by atoms with Gasteiger partial charge in [-0.2, -0.15) is 5.10 Å². The van der Waals surface area contributed by atoms with E-state index in [1.165, 1.54) is 0 Å². The first-order chi connectivity index (χ1) is 10.2. The van der Waals surface area contributed by atoms with Crippen LogP contribution in [0, 0.1) is 0 Å². The number of ether oxygens (including phenoxy) is 1. The van der Waals surface area contributed by atoms with Crippen LogP contribution in [-0.4, -0.2) is 11.7 Å². The average Bonchev–Trinajstić information content (AvgIpc) is 2.53. The first kappa shape index (κ1) is 13.2. The minimum Gasteiger partial charge on any atom is -0.485 e. The van der Waals surface area contributed by atoms with Gasteiger partial charge < -0.3 is 10.5 Å². The Morgan fingerprint density at radius 1 is 1.14 bits per heavy atom. The molecule has 1 atom stereocenters. The second kappa shape index (κ2) is 5.66. The molecule has 3 N–H and O–H groups in total. The third-order valence-electron chi connectivity index (χ3n) is 3.32. The van der Waals surface area contributed by atoms with E-state index in [-0.39, 0.29) is 6.10 Å². The number of nitrogens with zero attached hydrogens (tertiary/aromatic N) is 1. The van der Waals surface area contributed by atoms with Gasteiger partial charge in [-0.05, 0) is 17.7 Å². The molecule has 0 saturated carbocycles. The molecule has 3 rings (SSSR count). The summed E-state index contributed by atoms with van der Waals surface area (Å²) in [5.74, 6) is 0.752. The fourth-order valence-electron chi connectivity index (χ4n) is 2.37. The van der Waals surface area contributed by atoms with Gasteiger partial charge in [-0.25, -0.2) is 10.2 Å². The number of nitrogens with two attached hydrogens (primary N) is 1. The Bertz CT molecular complexity index is 683. The Morgan fingerprint density at radius 3 is 2.62 bits per heavy atom. The molecule has 0 saturated heterocycles. The van der Waals surface area contributed by atoms with E-state index in [0.29, 0.717) is 6.42 Å². The van der Waals surface area contributed by atoms with Crippen LogP contribution in [0.15, 0.2) is 59.7 Å². The molecule has 0 fully saturated rings. The molecule has 2 aromatic rings. The molecule has 5 nitrogen and oxygen atoms in total. The second-order valence-electron chi connectivity index (χ2n) is 4.75. The number of amides is 2. The Kier molecular flexibility index (Phi) is 3.55. The molecule has 2 amide bonds. The summed E-state index contributed by atoms with van der Waals surface area (Å²) in [6.45, 7) is 0. The zero-order valence-corrected chi connectivity index (χ0v) is 11.3. The predicted octanol–water partition coefficient (Wildman–Crippen LogP) is 2.58. The van der Waals surface area contributed by atoms with Crippen molar-refractivity contribution in [2.45, 2.75) is 12.5 Å². The first-order valence-electron chi connectivity index (χ1n) is 6.67. The van der Waals surface area contributed by atoms with Gasteiger partial charge in [0.15, 0.2) is 0 Å². The van der Waals surface area contributed by atoms with Crippen molar-refractivity contribution in [1.29, 1.82) is 0 Å². The summed E-state index contributed by atoms with van der Waals surface area (Å²) < 4.78 is 6.03. The average molecular weight is 281 g/mol. The molecule has 0 spiro atoms. The molecule has 0 aliphatic carbocycles. The van der Waals surface area contributed by atoms with Gasteiger partial charge in [-0.15, -0.1) is 0 Å². The minimum atomic E-state index is -0.678. The molecular formula is C16H15N3O2. The Hall–Kier alpha value is -2.82. The van der Waals surface area contributed by atoms with E-state index in [2.05, 4.69) is 10.5 Å². The molecule has 0 radical (unpaired) electrons. The van der Waals surface area contributed by atoms with E-state index in [1.807, 2.05) is 54.6 Å². The highest BCUT2D eigenvalue weighted by atomic mass is 16.5. The van der Waals surface area contributed by atoms with Gasteiger partial charge in [0, 0.05) is 12.0 Å². The molecule has 0 bridgehead atoms. The van der Waals surface area contributed by atoms with Crippen LogP contribution in [0.1, 0.15) is 23.7 Å². The van der Waals surface area contributed by atoms with E-state index < -0.39 is 6.03 Å². The maximum absolute atomic E-state index is 10.9. The molecular weight excluding hydrogens is 266 g/mol. The van der Waals surface area contributed by atoms with E-state index in [0.717, 1.165) is 22.6 Å². The number of fused-ring (bicyclic) bond motifs is 1. The number of hydrogen-bond acceptors (Lipinski definition) is 3. The third kappa shape index (κ3) is 2.86. The van der Waals surface area contributed by atoms with Gasteiger partial charge in [-0.3, -0.25) is 0 Å². The lowest BCUT2D eigenvalue weighted by Gasteiger charge is -2.27. The maximum atomic E-state index is 10.9. The smallest absolute Gasteiger partial charge is 0.332 e. The van der Waals surface area contributed by atoms with Crippen LogP contribution in [-0.2, 0) is 0 Å². The van der Waals surface area contributed by atoms with Gasteiger partial charge in [0.25, 0.3) is 0 Å². The number of benzene rings is 2. The van der Waals surface area contributed by atoms with Gasteiger partial charge >= 0.3 is 6.03 Å². The molecule has 21 heavy (non-hydrogen) atoms. The second-order valence-corrected chi connectivity index (χ2v) is 4.75. The maximum Gasteiger partial charge on any atom is 0.332 e. The van der Waals surface area contributed by atoms with Crippen LogP contribution in [0.25, 0.3) is 0 Å². The number of urea groups is 1. The summed E-state index contributed by atoms with van der Waals surface area (Å²) in [5, 5.41) is 4.11. The van der Waals surface area contributed by atoms with E-state index in [9.17, 15) is 4.79 Å². The number of carbonyl (C=O) groups excluding carboxylic acids is 1. The monoisotopic (exact) mass is 281 g/mol. The SMILES string of the molecule is NC(=O)N/N=C1/C[C@@H](c2ccccc2)Oc2ccccc21. The molecule has 5 heteroatoms. The summed E-state index contributed by atoms with van der Waals surface area (Å²) in [7, 11) is 0. The highest BCUT2D eigenvalue weighted by molar-refractivity contribution is 6.04. The molecule has 0 unspecified atom stereocenters. The summed E-state index contributed by atoms with van der Waals surface area (Å²) >= 11 is 0. The summed E-state index contributed by atoms with van der Waals surface area (Å²) in [4.78, 5) is 10.9. The van der Waals surface area contributed by atoms with Crippen molar-refractivity contribution in [1.82, 2.24) is 5.43 Å². The lowest BCUT2D eigenvalue weighted by Crippen LogP contribution is -2.28. The van der Waals surface area contributed by atoms with Gasteiger partial charge in [0.1, 0.15) is 11.9 Å². The van der Waals surface area contributed by atoms with E-state index >= 15 is 0 Å². The van der Waals surface area contributed by atoms with Crippen molar-refractivity contribution in [2.24, 2.45) is 10.8 Å². The number of hydrogen-bond donors (Lipinski definition) is 2. The Labute approximate surface area is 122 Å². The topological polar surface area (TPSA) is 76.7 Å². The van der Waals surface area contributed by atoms with Crippen molar-refractivity contribution < 1.29 is 9.53 Å². The van der Waals surface area contributed by atoms with Crippen LogP contribution in [0.4, 0.5) is 4.79 Å². The van der Waals surface area contributed by atoms with Crippen molar-refractivity contribution in [3.8, 4) is 5.75 Å². The number of rotatable bonds is 2. The number of nitrogens with one attached hydrogen (secondary N) is 1. The number of primary amides is 1. The minimum absolute atomic E-state index is 0.130. The normalized spacial score (nSPS) is 18.7. The lowest BCUT2D eigenvalue weighted by atomic mass is 9.96. The van der Waals surface area contributed by atoms with Crippen LogP contribution < -0.4 is 15.9 Å². The molecule has 1 aliphatic rings. The molecule has 1 aliphatic heterocycles. The molecule has 106 valence electrons. The van der Waals surface area contributed by atoms with Crippen molar-refractivity contribution in [3.05, 3.63) is 65.7 Å². The number of para-hydroxylation sites is 1. The van der Waals surface area contributed by atoms with Crippen molar-refractivity contribution in [3.63, 3.8) is 0 Å². The molecule has 1 heterocycles. The summed E-state index contributed by atoms with van der Waals surface area (Å²) in [6, 6.07) is 16.9. The molecule has 2 aromatic carbocycles. The quantitative estimate of drug-likeness (QED) is 0.830. The van der Waals surface area contributed by atoms with Crippen molar-refractivity contribution >= 4 is 11.7 Å². The zero-order chi connectivity index (χ0) is 14.7. The van der Waals surface area contributed by atoms with Gasteiger partial charge in [0.2, 0.25) is 0 Å². The fraction of sp³-hybridized carbons (Fsp3) is 0.125. The van der Waals surface area contributed by atoms with Crippen LogP contribution >= 0.6 is 0 Å². The number of hydrazone groups is 1. The summed E-state index contributed by atoms with van der Waals surface area (Å²) in [6.07, 6.45) is 0.441. The van der Waals surface area contributed by atoms with Crippen LogP contribution in [0.3, 0.4) is 0 Å². The Morgan fingerprint density at radius 2 is 1.86 bits per heavy atom. The third-order valence-corrected chi connectivity index (χ3v) is 3.32. The highest BCUT2D eigenvalue weighted by Crippen LogP contribution is 2.34. The van der Waals surface area contributed by atoms with E-state index in [1.54, 1.807) is 0 Å². The zero-order valence-electron chi connectivity index (χ0n) is 11.3. The Balaban J connectivity index is 1.96. The lowest BCUT2D eigenvalue weighted by molar-refractivity contribution is 0.206. The highest BCUT2D eigenvalue weighted by Gasteiger charge is 2.26. The number of carbonyl (C=O) groups is 1. The molecule has 0 aromatic heterocycles. The van der Waals surface area contributed by atoms with Crippen LogP contribution in [0.5, 0.6) is 5.75 Å². The van der Waals surface area contributed by atoms with Gasteiger partial charge in [-0.1, -0.05) is 42.5 Å². The van der Waals surface area contributed by atoms with E-state index in [4.69, 9.17) is 10.5 Å². The van der Waals surface area contributed by atoms with Crippen LogP contribution in [0.2, 0.25) is 0 Å².